The predicted octanol–water partition coefficient (Wildman–Crippen LogP) is 5.45. The van der Waals surface area contributed by atoms with E-state index in [0.29, 0.717) is 48.2 Å². The number of carbonyl (C=O) groups is 2. The summed E-state index contributed by atoms with van der Waals surface area (Å²) in [5.74, 6) is 0.767. The summed E-state index contributed by atoms with van der Waals surface area (Å²) >= 11 is 7.61. The van der Waals surface area contributed by atoms with Crippen LogP contribution >= 0.6 is 22.9 Å². The number of halogens is 1. The zero-order valence-electron chi connectivity index (χ0n) is 21.1. The maximum absolute atomic E-state index is 13.6. The number of hydrogen-bond acceptors (Lipinski definition) is 7. The number of amides is 2. The van der Waals surface area contributed by atoms with Gasteiger partial charge in [-0.15, -0.1) is 11.3 Å². The van der Waals surface area contributed by atoms with Crippen molar-refractivity contribution in [2.45, 2.75) is 75.9 Å². The Hall–Kier alpha value is -2.83. The number of pyridine rings is 1. The summed E-state index contributed by atoms with van der Waals surface area (Å²) in [6, 6.07) is 7.35. The number of rotatable bonds is 11. The summed E-state index contributed by atoms with van der Waals surface area (Å²) in [6.07, 6.45) is 9.63. The van der Waals surface area contributed by atoms with Gasteiger partial charge in [-0.2, -0.15) is 5.26 Å². The van der Waals surface area contributed by atoms with Gasteiger partial charge in [0.15, 0.2) is 0 Å². The first-order valence-corrected chi connectivity index (χ1v) is 14.0. The molecule has 0 radical (unpaired) electrons. The molecule has 4 aliphatic rings. The van der Waals surface area contributed by atoms with E-state index < -0.39 is 6.04 Å². The van der Waals surface area contributed by atoms with E-state index in [2.05, 4.69) is 21.7 Å². The molecule has 0 aliphatic heterocycles. The Labute approximate surface area is 226 Å². The van der Waals surface area contributed by atoms with Crippen molar-refractivity contribution in [2.24, 2.45) is 11.3 Å². The number of anilines is 2. The fraction of sp³-hybridized carbons (Fsp3) is 0.556. The quantitative estimate of drug-likeness (QED) is 0.366. The van der Waals surface area contributed by atoms with Crippen LogP contribution in [0.4, 0.5) is 10.7 Å². The van der Waals surface area contributed by atoms with E-state index in [1.807, 2.05) is 19.1 Å². The molecule has 37 heavy (non-hydrogen) atoms. The van der Waals surface area contributed by atoms with Crippen LogP contribution in [0.5, 0.6) is 5.88 Å². The summed E-state index contributed by atoms with van der Waals surface area (Å²) in [5, 5.41) is 17.2. The third-order valence-electron chi connectivity index (χ3n) is 8.12. The molecular formula is C27H32ClN5O3S. The molecule has 4 saturated carbocycles. The number of carbonyl (C=O) groups excluding carboxylic acids is 2. The number of aromatic nitrogens is 1. The summed E-state index contributed by atoms with van der Waals surface area (Å²) in [5.41, 5.74) is 0.168. The average molecular weight is 542 g/mol. The summed E-state index contributed by atoms with van der Waals surface area (Å²) in [4.78, 5) is 32.8. The molecule has 2 heterocycles. The number of ether oxygens (including phenoxy) is 1. The van der Waals surface area contributed by atoms with Gasteiger partial charge in [0.05, 0.1) is 40.3 Å². The number of thiophene rings is 1. The van der Waals surface area contributed by atoms with Gasteiger partial charge in [-0.1, -0.05) is 37.3 Å². The minimum Gasteiger partial charge on any atom is -0.480 e. The Balaban J connectivity index is 1.33. The lowest BCUT2D eigenvalue weighted by Gasteiger charge is -2.67. The molecular weight excluding hydrogens is 510 g/mol. The summed E-state index contributed by atoms with van der Waals surface area (Å²) in [7, 11) is 1.56. The second kappa shape index (κ2) is 10.1. The van der Waals surface area contributed by atoms with E-state index in [4.69, 9.17) is 16.3 Å². The fourth-order valence-electron chi connectivity index (χ4n) is 6.28. The van der Waals surface area contributed by atoms with Crippen LogP contribution in [0.3, 0.4) is 0 Å². The average Bonchev–Trinajstić information content (AvgIpc) is 3.53. The zero-order valence-corrected chi connectivity index (χ0v) is 22.7. The van der Waals surface area contributed by atoms with E-state index >= 15 is 0 Å². The SMILES string of the molecule is COc1ncc(Cl)cc1N[C@@H](C)c1ccc(N(C=O)[C@@H](CC2CCCC2)C(=O)NC23CC(C#N)(C2)C3)s1. The van der Waals surface area contributed by atoms with Crippen molar-refractivity contribution >= 4 is 45.9 Å². The predicted molar refractivity (Wildman–Crippen MR) is 144 cm³/mol. The van der Waals surface area contributed by atoms with Gasteiger partial charge >= 0.3 is 0 Å². The van der Waals surface area contributed by atoms with Crippen LogP contribution in [0.15, 0.2) is 24.4 Å². The van der Waals surface area contributed by atoms with Crippen LogP contribution < -0.4 is 20.3 Å². The van der Waals surface area contributed by atoms with Crippen LogP contribution in [0.1, 0.15) is 69.2 Å². The minimum absolute atomic E-state index is 0.105. The number of hydrogen-bond donors (Lipinski definition) is 2. The van der Waals surface area contributed by atoms with Crippen LogP contribution in [0.2, 0.25) is 5.02 Å². The molecule has 2 bridgehead atoms. The zero-order chi connectivity index (χ0) is 26.2. The molecule has 10 heteroatoms. The molecule has 8 nitrogen and oxygen atoms in total. The van der Waals surface area contributed by atoms with Gasteiger partial charge in [0, 0.05) is 16.6 Å². The molecule has 4 fully saturated rings. The molecule has 2 N–H and O–H groups in total. The van der Waals surface area contributed by atoms with Crippen LogP contribution in [0, 0.1) is 22.7 Å². The number of nitrogens with zero attached hydrogens (tertiary/aromatic N) is 3. The first-order valence-electron chi connectivity index (χ1n) is 12.8. The van der Waals surface area contributed by atoms with Crippen molar-refractivity contribution in [1.29, 1.82) is 5.26 Å². The normalized spacial score (nSPS) is 25.7. The van der Waals surface area contributed by atoms with Gasteiger partial charge in [-0.25, -0.2) is 4.98 Å². The Bertz CT molecular complexity index is 1200. The van der Waals surface area contributed by atoms with E-state index in [1.165, 1.54) is 30.4 Å². The van der Waals surface area contributed by atoms with E-state index in [-0.39, 0.29) is 22.9 Å². The lowest BCUT2D eigenvalue weighted by molar-refractivity contribution is -0.146. The van der Waals surface area contributed by atoms with Crippen LogP contribution in [0.25, 0.3) is 0 Å². The standard InChI is InChI=1S/C27H32ClN5O3S/c1-17(31-20-10-19(28)11-30-25(20)36-2)22-7-8-23(37-22)33(16-34)21(9-18-5-3-4-6-18)24(35)32-27-12-26(13-27,14-27)15-29/h7-8,10-11,16-18,21,31H,3-6,9,12-14H2,1-2H3,(H,32,35)/t17-,21-,26?,27?/m0/s1. The molecule has 2 amide bonds. The Kier molecular flexibility index (Phi) is 7.08. The van der Waals surface area contributed by atoms with Crippen molar-refractivity contribution in [1.82, 2.24) is 10.3 Å². The van der Waals surface area contributed by atoms with Gasteiger partial charge in [0.1, 0.15) is 6.04 Å². The molecule has 2 aromatic rings. The largest absolute Gasteiger partial charge is 0.480 e. The second-order valence-corrected chi connectivity index (χ2v) is 12.4. The van der Waals surface area contributed by atoms with E-state index in [1.54, 1.807) is 18.1 Å². The second-order valence-electron chi connectivity index (χ2n) is 10.9. The maximum Gasteiger partial charge on any atom is 0.243 e. The monoisotopic (exact) mass is 541 g/mol. The van der Waals surface area contributed by atoms with Crippen LogP contribution in [-0.2, 0) is 9.59 Å². The molecule has 0 spiro atoms. The third-order valence-corrected chi connectivity index (χ3v) is 9.60. The molecule has 6 rings (SSSR count). The Morgan fingerprint density at radius 3 is 2.76 bits per heavy atom. The number of methoxy groups -OCH3 is 1. The summed E-state index contributed by atoms with van der Waals surface area (Å²) < 4.78 is 5.34. The third kappa shape index (κ3) is 5.01. The van der Waals surface area contributed by atoms with Gasteiger partial charge in [-0.3, -0.25) is 14.5 Å². The van der Waals surface area contributed by atoms with Gasteiger partial charge in [0.25, 0.3) is 0 Å². The highest BCUT2D eigenvalue weighted by Gasteiger charge is 2.69. The van der Waals surface area contributed by atoms with Crippen LogP contribution in [-0.4, -0.2) is 36.0 Å². The van der Waals surface area contributed by atoms with Gasteiger partial charge < -0.3 is 15.4 Å². The first-order chi connectivity index (χ1) is 17.8. The Morgan fingerprint density at radius 1 is 1.38 bits per heavy atom. The Morgan fingerprint density at radius 2 is 2.11 bits per heavy atom. The van der Waals surface area contributed by atoms with Crippen molar-refractivity contribution in [3.63, 3.8) is 0 Å². The summed E-state index contributed by atoms with van der Waals surface area (Å²) in [6.45, 7) is 2.01. The van der Waals surface area contributed by atoms with Gasteiger partial charge in [0.2, 0.25) is 18.2 Å². The fourth-order valence-corrected chi connectivity index (χ4v) is 7.47. The molecule has 0 saturated heterocycles. The van der Waals surface area contributed by atoms with Crippen molar-refractivity contribution in [2.75, 3.05) is 17.3 Å². The van der Waals surface area contributed by atoms with Crippen molar-refractivity contribution in [3.8, 4) is 11.9 Å². The van der Waals surface area contributed by atoms with E-state index in [9.17, 15) is 14.9 Å². The molecule has 4 aliphatic carbocycles. The maximum atomic E-state index is 13.6. The highest BCUT2D eigenvalue weighted by molar-refractivity contribution is 7.16. The molecule has 0 aromatic carbocycles. The lowest BCUT2D eigenvalue weighted by Crippen LogP contribution is -2.75. The smallest absolute Gasteiger partial charge is 0.243 e. The highest BCUT2D eigenvalue weighted by Crippen LogP contribution is 2.66. The molecule has 2 atom stereocenters. The number of nitriles is 1. The van der Waals surface area contributed by atoms with Gasteiger partial charge in [-0.05, 0) is 56.7 Å². The minimum atomic E-state index is -0.570. The highest BCUT2D eigenvalue weighted by atomic mass is 35.5. The topological polar surface area (TPSA) is 107 Å². The van der Waals surface area contributed by atoms with Crippen molar-refractivity contribution in [3.05, 3.63) is 34.3 Å². The number of nitrogens with one attached hydrogen (secondary N) is 2. The van der Waals surface area contributed by atoms with E-state index in [0.717, 1.165) is 29.1 Å². The lowest BCUT2D eigenvalue weighted by atomic mass is 9.40. The molecule has 196 valence electrons. The molecule has 0 unspecified atom stereocenters. The molecule has 2 aromatic heterocycles. The van der Waals surface area contributed by atoms with Crippen molar-refractivity contribution < 1.29 is 14.3 Å². The first kappa shape index (κ1) is 25.8.